The van der Waals surface area contributed by atoms with Gasteiger partial charge in [0.2, 0.25) is 0 Å². The molecule has 5 nitrogen and oxygen atoms in total. The van der Waals surface area contributed by atoms with Crippen LogP contribution in [0.2, 0.25) is 0 Å². The Balaban J connectivity index is 1.56. The molecule has 0 aliphatic heterocycles. The fraction of sp³-hybridized carbons (Fsp3) is 0. The third-order valence-electron chi connectivity index (χ3n) is 3.26. The van der Waals surface area contributed by atoms with E-state index < -0.39 is 0 Å². The number of nitrogens with one attached hydrogen (secondary N) is 1. The van der Waals surface area contributed by atoms with Crippen molar-refractivity contribution in [3.63, 3.8) is 0 Å². The number of rotatable bonds is 3. The molecule has 0 aliphatic carbocycles. The zero-order valence-corrected chi connectivity index (χ0v) is 13.4. The Kier molecular flexibility index (Phi) is 3.57. The molecule has 0 spiro atoms. The van der Waals surface area contributed by atoms with E-state index in [1.165, 1.54) is 11.3 Å². The van der Waals surface area contributed by atoms with Crippen LogP contribution in [0.25, 0.3) is 21.6 Å². The minimum Gasteiger partial charge on any atom is -0.321 e. The lowest BCUT2D eigenvalue weighted by molar-refractivity contribution is 0.103. The maximum absolute atomic E-state index is 12.4. The van der Waals surface area contributed by atoms with Gasteiger partial charge in [0.25, 0.3) is 5.91 Å². The molecule has 4 rings (SSSR count). The minimum atomic E-state index is -0.139. The predicted molar refractivity (Wildman–Crippen MR) is 92.9 cm³/mol. The molecule has 0 saturated carbocycles. The Morgan fingerprint density at radius 2 is 1.91 bits per heavy atom. The number of fused-ring (bicyclic) bond motifs is 1. The van der Waals surface area contributed by atoms with E-state index in [1.54, 1.807) is 6.20 Å². The van der Waals surface area contributed by atoms with Crippen LogP contribution < -0.4 is 5.32 Å². The van der Waals surface area contributed by atoms with Gasteiger partial charge in [0, 0.05) is 11.9 Å². The van der Waals surface area contributed by atoms with E-state index in [-0.39, 0.29) is 5.91 Å². The van der Waals surface area contributed by atoms with Gasteiger partial charge in [0.1, 0.15) is 11.0 Å². The van der Waals surface area contributed by atoms with Crippen molar-refractivity contribution in [2.24, 2.45) is 0 Å². The number of benzene rings is 1. The smallest absolute Gasteiger partial charge is 0.265 e. The topological polar surface area (TPSA) is 67.8 Å². The van der Waals surface area contributed by atoms with E-state index >= 15 is 0 Å². The number of hydrogen-bond donors (Lipinski definition) is 1. The van der Waals surface area contributed by atoms with Crippen LogP contribution in [0.15, 0.2) is 54.7 Å². The molecule has 0 radical (unpaired) electrons. The Morgan fingerprint density at radius 1 is 1.00 bits per heavy atom. The molecule has 3 heterocycles. The highest BCUT2D eigenvalue weighted by Crippen LogP contribution is 2.27. The highest BCUT2D eigenvalue weighted by atomic mass is 32.1. The summed E-state index contributed by atoms with van der Waals surface area (Å²) in [4.78, 5) is 18.3. The number of aromatic nitrogens is 3. The molecule has 1 N–H and O–H groups in total. The Hall–Kier alpha value is -2.64. The molecule has 0 unspecified atom stereocenters. The Morgan fingerprint density at radius 3 is 2.78 bits per heavy atom. The highest BCUT2D eigenvalue weighted by Gasteiger charge is 2.11. The average molecular weight is 338 g/mol. The van der Waals surface area contributed by atoms with Gasteiger partial charge in [-0.2, -0.15) is 8.75 Å². The van der Waals surface area contributed by atoms with Crippen LogP contribution in [0, 0.1) is 0 Å². The fourth-order valence-electron chi connectivity index (χ4n) is 2.16. The number of amides is 1. The second-order valence-electron chi connectivity index (χ2n) is 4.80. The van der Waals surface area contributed by atoms with Gasteiger partial charge in [0.05, 0.1) is 27.2 Å². The van der Waals surface area contributed by atoms with Crippen molar-refractivity contribution in [1.82, 2.24) is 13.7 Å². The van der Waals surface area contributed by atoms with Crippen molar-refractivity contribution in [3.05, 3.63) is 59.6 Å². The Labute approximate surface area is 140 Å². The number of carbonyl (C=O) groups is 1. The summed E-state index contributed by atoms with van der Waals surface area (Å²) in [6.45, 7) is 0. The SMILES string of the molecule is O=C(Nc1ccc2nsnc2c1)c1ccc(-c2ccccn2)s1. The quantitative estimate of drug-likeness (QED) is 0.611. The zero-order valence-electron chi connectivity index (χ0n) is 11.8. The average Bonchev–Trinajstić information content (AvgIpc) is 3.24. The Bertz CT molecular complexity index is 978. The van der Waals surface area contributed by atoms with Crippen LogP contribution in [-0.2, 0) is 0 Å². The van der Waals surface area contributed by atoms with E-state index in [1.807, 2.05) is 48.5 Å². The maximum atomic E-state index is 12.4. The molecule has 3 aromatic heterocycles. The largest absolute Gasteiger partial charge is 0.321 e. The van der Waals surface area contributed by atoms with Crippen LogP contribution in [0.4, 0.5) is 5.69 Å². The number of hydrogen-bond acceptors (Lipinski definition) is 6. The van der Waals surface area contributed by atoms with Crippen molar-refractivity contribution in [2.75, 3.05) is 5.32 Å². The van der Waals surface area contributed by atoms with Crippen molar-refractivity contribution < 1.29 is 4.79 Å². The van der Waals surface area contributed by atoms with Crippen LogP contribution in [-0.4, -0.2) is 19.6 Å². The molecular weight excluding hydrogens is 328 g/mol. The second kappa shape index (κ2) is 5.86. The first kappa shape index (κ1) is 14.0. The summed E-state index contributed by atoms with van der Waals surface area (Å²) in [6, 6.07) is 15.0. The first-order valence-electron chi connectivity index (χ1n) is 6.84. The number of pyridine rings is 1. The highest BCUT2D eigenvalue weighted by molar-refractivity contribution is 7.17. The van der Waals surface area contributed by atoms with Crippen molar-refractivity contribution in [3.8, 4) is 10.6 Å². The van der Waals surface area contributed by atoms with E-state index in [0.717, 1.165) is 33.3 Å². The maximum Gasteiger partial charge on any atom is 0.265 e. The predicted octanol–water partition coefficient (Wildman–Crippen LogP) is 4.07. The summed E-state index contributed by atoms with van der Waals surface area (Å²) in [5, 5.41) is 2.89. The van der Waals surface area contributed by atoms with Crippen LogP contribution in [0.3, 0.4) is 0 Å². The summed E-state index contributed by atoms with van der Waals surface area (Å²) in [5.74, 6) is -0.139. The van der Waals surface area contributed by atoms with Gasteiger partial charge in [-0.25, -0.2) is 0 Å². The van der Waals surface area contributed by atoms with E-state index in [0.29, 0.717) is 10.6 Å². The summed E-state index contributed by atoms with van der Waals surface area (Å²) in [6.07, 6.45) is 1.74. The molecule has 112 valence electrons. The standard InChI is InChI=1S/C16H10N4OS2/c21-16(18-10-4-5-11-13(9-10)20-23-19-11)15-7-6-14(22-15)12-3-1-2-8-17-12/h1-9H,(H,18,21). The molecule has 23 heavy (non-hydrogen) atoms. The second-order valence-corrected chi connectivity index (χ2v) is 6.41. The molecule has 0 aliphatic rings. The molecule has 0 bridgehead atoms. The van der Waals surface area contributed by atoms with Crippen molar-refractivity contribution in [2.45, 2.75) is 0 Å². The fourth-order valence-corrected chi connectivity index (χ4v) is 3.55. The molecule has 1 amide bonds. The molecule has 0 fully saturated rings. The lowest BCUT2D eigenvalue weighted by atomic mass is 10.2. The molecule has 4 aromatic rings. The first-order chi connectivity index (χ1) is 11.3. The minimum absolute atomic E-state index is 0.139. The van der Waals surface area contributed by atoms with Crippen molar-refractivity contribution in [1.29, 1.82) is 0 Å². The van der Waals surface area contributed by atoms with Gasteiger partial charge < -0.3 is 5.32 Å². The van der Waals surface area contributed by atoms with Crippen LogP contribution in [0.1, 0.15) is 9.67 Å². The monoisotopic (exact) mass is 338 g/mol. The molecule has 7 heteroatoms. The summed E-state index contributed by atoms with van der Waals surface area (Å²) in [5.41, 5.74) is 3.20. The van der Waals surface area contributed by atoms with Crippen LogP contribution >= 0.6 is 23.1 Å². The third kappa shape index (κ3) is 2.84. The number of carbonyl (C=O) groups excluding carboxylic acids is 1. The summed E-state index contributed by atoms with van der Waals surface area (Å²) in [7, 11) is 0. The van der Waals surface area contributed by atoms with E-state index in [9.17, 15) is 4.79 Å². The van der Waals surface area contributed by atoms with Gasteiger partial charge >= 0.3 is 0 Å². The molecular formula is C16H10N4OS2. The molecule has 0 saturated heterocycles. The van der Waals surface area contributed by atoms with E-state index in [2.05, 4.69) is 19.0 Å². The first-order valence-corrected chi connectivity index (χ1v) is 8.39. The van der Waals surface area contributed by atoms with Crippen molar-refractivity contribution >= 4 is 45.7 Å². The van der Waals surface area contributed by atoms with E-state index in [4.69, 9.17) is 0 Å². The summed E-state index contributed by atoms with van der Waals surface area (Å²) < 4.78 is 8.32. The lowest BCUT2D eigenvalue weighted by Gasteiger charge is -2.02. The lowest BCUT2D eigenvalue weighted by Crippen LogP contribution is -2.09. The number of thiophene rings is 1. The van der Waals surface area contributed by atoms with Gasteiger partial charge in [-0.05, 0) is 42.5 Å². The van der Waals surface area contributed by atoms with Gasteiger partial charge in [0.15, 0.2) is 0 Å². The molecule has 0 atom stereocenters. The van der Waals surface area contributed by atoms with Gasteiger partial charge in [-0.1, -0.05) is 6.07 Å². The van der Waals surface area contributed by atoms with Gasteiger partial charge in [-0.15, -0.1) is 11.3 Å². The number of anilines is 1. The zero-order chi connectivity index (χ0) is 15.6. The number of nitrogens with zero attached hydrogens (tertiary/aromatic N) is 3. The normalized spacial score (nSPS) is 10.8. The summed E-state index contributed by atoms with van der Waals surface area (Å²) >= 11 is 2.58. The third-order valence-corrected chi connectivity index (χ3v) is 4.92. The van der Waals surface area contributed by atoms with Crippen LogP contribution in [0.5, 0.6) is 0 Å². The molecule has 1 aromatic carbocycles. The van der Waals surface area contributed by atoms with Gasteiger partial charge in [-0.3, -0.25) is 9.78 Å².